The van der Waals surface area contributed by atoms with Gasteiger partial charge in [0, 0.05) is 18.1 Å². The second-order valence-corrected chi connectivity index (χ2v) is 4.89. The molecule has 1 fully saturated rings. The molecule has 82 valence electrons. The Hall–Kier alpha value is -0.860. The molecule has 1 unspecified atom stereocenters. The van der Waals surface area contributed by atoms with Crippen LogP contribution < -0.4 is 11.1 Å². The number of hydrogen-bond donors (Lipinski definition) is 2. The minimum atomic E-state index is 0.227. The van der Waals surface area contributed by atoms with Crippen molar-refractivity contribution in [1.29, 1.82) is 0 Å². The van der Waals surface area contributed by atoms with Gasteiger partial charge < -0.3 is 11.1 Å². The standard InChI is InChI=1S/C13H20N2/c1-13(7-8-13)15-10-12(14)9-11-5-3-2-4-6-11/h2-6,12,15H,7-10,14H2,1H3. The maximum absolute atomic E-state index is 6.08. The molecule has 2 heteroatoms. The van der Waals surface area contributed by atoms with Gasteiger partial charge in [0.1, 0.15) is 0 Å². The zero-order chi connectivity index (χ0) is 10.7. The fourth-order valence-corrected chi connectivity index (χ4v) is 1.73. The van der Waals surface area contributed by atoms with Crippen molar-refractivity contribution in [2.45, 2.75) is 37.8 Å². The van der Waals surface area contributed by atoms with E-state index in [0.717, 1.165) is 13.0 Å². The molecule has 1 aliphatic rings. The van der Waals surface area contributed by atoms with Crippen LogP contribution in [-0.4, -0.2) is 18.1 Å². The summed E-state index contributed by atoms with van der Waals surface area (Å²) in [6, 6.07) is 10.7. The monoisotopic (exact) mass is 204 g/mol. The molecule has 1 saturated carbocycles. The SMILES string of the molecule is CC1(NCC(N)Cc2ccccc2)CC1. The van der Waals surface area contributed by atoms with E-state index in [0.29, 0.717) is 5.54 Å². The summed E-state index contributed by atoms with van der Waals surface area (Å²) >= 11 is 0. The Morgan fingerprint density at radius 2 is 2.00 bits per heavy atom. The topological polar surface area (TPSA) is 38.0 Å². The van der Waals surface area contributed by atoms with E-state index >= 15 is 0 Å². The quantitative estimate of drug-likeness (QED) is 0.766. The van der Waals surface area contributed by atoms with Gasteiger partial charge in [0.05, 0.1) is 0 Å². The second kappa shape index (κ2) is 4.33. The van der Waals surface area contributed by atoms with E-state index < -0.39 is 0 Å². The van der Waals surface area contributed by atoms with Crippen LogP contribution in [-0.2, 0) is 6.42 Å². The summed E-state index contributed by atoms with van der Waals surface area (Å²) in [5, 5.41) is 3.53. The third kappa shape index (κ3) is 3.33. The molecule has 2 nitrogen and oxygen atoms in total. The molecule has 1 aromatic rings. The van der Waals surface area contributed by atoms with Crippen molar-refractivity contribution in [3.8, 4) is 0 Å². The van der Waals surface area contributed by atoms with Crippen LogP contribution in [0.2, 0.25) is 0 Å². The Morgan fingerprint density at radius 1 is 1.33 bits per heavy atom. The van der Waals surface area contributed by atoms with Gasteiger partial charge in [0.25, 0.3) is 0 Å². The molecule has 0 spiro atoms. The van der Waals surface area contributed by atoms with Crippen LogP contribution in [0.15, 0.2) is 30.3 Å². The molecular formula is C13H20N2. The highest BCUT2D eigenvalue weighted by Crippen LogP contribution is 2.33. The van der Waals surface area contributed by atoms with Crippen molar-refractivity contribution in [3.63, 3.8) is 0 Å². The predicted octanol–water partition coefficient (Wildman–Crippen LogP) is 1.70. The molecule has 0 radical (unpaired) electrons. The van der Waals surface area contributed by atoms with Crippen LogP contribution in [0.4, 0.5) is 0 Å². The number of benzene rings is 1. The maximum Gasteiger partial charge on any atom is 0.0206 e. The average molecular weight is 204 g/mol. The van der Waals surface area contributed by atoms with E-state index in [9.17, 15) is 0 Å². The Morgan fingerprint density at radius 3 is 2.60 bits per heavy atom. The van der Waals surface area contributed by atoms with Crippen molar-refractivity contribution in [2.75, 3.05) is 6.54 Å². The van der Waals surface area contributed by atoms with Gasteiger partial charge in [-0.2, -0.15) is 0 Å². The third-order valence-corrected chi connectivity index (χ3v) is 3.13. The lowest BCUT2D eigenvalue weighted by Gasteiger charge is -2.16. The minimum Gasteiger partial charge on any atom is -0.326 e. The fraction of sp³-hybridized carbons (Fsp3) is 0.538. The molecule has 1 aromatic carbocycles. The third-order valence-electron chi connectivity index (χ3n) is 3.13. The zero-order valence-corrected chi connectivity index (χ0v) is 9.37. The molecule has 0 saturated heterocycles. The lowest BCUT2D eigenvalue weighted by molar-refractivity contribution is 0.490. The van der Waals surface area contributed by atoms with E-state index in [2.05, 4.69) is 36.5 Å². The van der Waals surface area contributed by atoms with Gasteiger partial charge in [-0.1, -0.05) is 30.3 Å². The first-order valence-electron chi connectivity index (χ1n) is 5.72. The molecule has 3 N–H and O–H groups in total. The highest BCUT2D eigenvalue weighted by molar-refractivity contribution is 5.16. The van der Waals surface area contributed by atoms with E-state index in [1.807, 2.05) is 6.07 Å². The smallest absolute Gasteiger partial charge is 0.0206 e. The number of nitrogens with one attached hydrogen (secondary N) is 1. The summed E-state index contributed by atoms with van der Waals surface area (Å²) < 4.78 is 0. The fourth-order valence-electron chi connectivity index (χ4n) is 1.73. The molecule has 1 aliphatic carbocycles. The zero-order valence-electron chi connectivity index (χ0n) is 9.37. The first kappa shape index (κ1) is 10.7. The van der Waals surface area contributed by atoms with Crippen molar-refractivity contribution in [3.05, 3.63) is 35.9 Å². The summed E-state index contributed by atoms with van der Waals surface area (Å²) in [4.78, 5) is 0. The van der Waals surface area contributed by atoms with Gasteiger partial charge in [0.15, 0.2) is 0 Å². The van der Waals surface area contributed by atoms with Crippen LogP contribution in [0.5, 0.6) is 0 Å². The Kier molecular flexibility index (Phi) is 3.08. The number of nitrogens with two attached hydrogens (primary N) is 1. The normalized spacial score (nSPS) is 19.9. The highest BCUT2D eigenvalue weighted by Gasteiger charge is 2.36. The first-order valence-corrected chi connectivity index (χ1v) is 5.72. The van der Waals surface area contributed by atoms with E-state index in [4.69, 9.17) is 5.73 Å². The molecular weight excluding hydrogens is 184 g/mol. The van der Waals surface area contributed by atoms with Crippen molar-refractivity contribution in [2.24, 2.45) is 5.73 Å². The number of rotatable bonds is 5. The van der Waals surface area contributed by atoms with E-state index in [-0.39, 0.29) is 6.04 Å². The highest BCUT2D eigenvalue weighted by atomic mass is 15.0. The van der Waals surface area contributed by atoms with Gasteiger partial charge in [-0.05, 0) is 31.7 Å². The Balaban J connectivity index is 1.75. The second-order valence-electron chi connectivity index (χ2n) is 4.89. The Bertz CT molecular complexity index is 304. The molecule has 0 bridgehead atoms. The van der Waals surface area contributed by atoms with E-state index in [1.165, 1.54) is 18.4 Å². The van der Waals surface area contributed by atoms with Crippen LogP contribution in [0.3, 0.4) is 0 Å². The molecule has 2 rings (SSSR count). The van der Waals surface area contributed by atoms with Crippen LogP contribution in [0.25, 0.3) is 0 Å². The molecule has 0 heterocycles. The summed E-state index contributed by atoms with van der Waals surface area (Å²) in [6.45, 7) is 3.19. The minimum absolute atomic E-state index is 0.227. The summed E-state index contributed by atoms with van der Waals surface area (Å²) in [7, 11) is 0. The molecule has 15 heavy (non-hydrogen) atoms. The lowest BCUT2D eigenvalue weighted by atomic mass is 10.1. The predicted molar refractivity (Wildman–Crippen MR) is 63.8 cm³/mol. The summed E-state index contributed by atoms with van der Waals surface area (Å²) in [5.74, 6) is 0. The van der Waals surface area contributed by atoms with Gasteiger partial charge in [-0.3, -0.25) is 0 Å². The van der Waals surface area contributed by atoms with Gasteiger partial charge in [-0.15, -0.1) is 0 Å². The average Bonchev–Trinajstić information content (AvgIpc) is 2.96. The van der Waals surface area contributed by atoms with Crippen molar-refractivity contribution >= 4 is 0 Å². The van der Waals surface area contributed by atoms with Crippen molar-refractivity contribution < 1.29 is 0 Å². The van der Waals surface area contributed by atoms with Gasteiger partial charge >= 0.3 is 0 Å². The largest absolute Gasteiger partial charge is 0.326 e. The Labute approximate surface area is 91.9 Å². The summed E-state index contributed by atoms with van der Waals surface area (Å²) in [6.07, 6.45) is 3.56. The van der Waals surface area contributed by atoms with Gasteiger partial charge in [-0.25, -0.2) is 0 Å². The van der Waals surface area contributed by atoms with Crippen molar-refractivity contribution in [1.82, 2.24) is 5.32 Å². The molecule has 1 atom stereocenters. The number of hydrogen-bond acceptors (Lipinski definition) is 2. The van der Waals surface area contributed by atoms with E-state index in [1.54, 1.807) is 0 Å². The first-order chi connectivity index (χ1) is 7.18. The maximum atomic E-state index is 6.08. The lowest BCUT2D eigenvalue weighted by Crippen LogP contribution is -2.40. The molecule has 0 aliphatic heterocycles. The molecule has 0 aromatic heterocycles. The van der Waals surface area contributed by atoms with Crippen LogP contribution in [0, 0.1) is 0 Å². The van der Waals surface area contributed by atoms with Crippen LogP contribution in [0.1, 0.15) is 25.3 Å². The van der Waals surface area contributed by atoms with Crippen LogP contribution >= 0.6 is 0 Å². The summed E-state index contributed by atoms with van der Waals surface area (Å²) in [5.41, 5.74) is 7.80. The molecule has 0 amide bonds. The van der Waals surface area contributed by atoms with Gasteiger partial charge in [0.2, 0.25) is 0 Å².